The second-order valence-electron chi connectivity index (χ2n) is 10.2. The van der Waals surface area contributed by atoms with Gasteiger partial charge in [0.25, 0.3) is 8.53 Å². The van der Waals surface area contributed by atoms with Crippen molar-refractivity contribution in [3.63, 3.8) is 0 Å². The summed E-state index contributed by atoms with van der Waals surface area (Å²) in [6, 6.07) is 12.1. The first kappa shape index (κ1) is 28.3. The lowest BCUT2D eigenvalue weighted by Gasteiger charge is -2.29. The van der Waals surface area contributed by atoms with Gasteiger partial charge in [0.05, 0.1) is 25.4 Å². The van der Waals surface area contributed by atoms with Gasteiger partial charge in [0, 0.05) is 26.8 Å². The smallest absolute Gasteiger partial charge is 0.351 e. The van der Waals surface area contributed by atoms with E-state index in [1.54, 1.807) is 19.4 Å². The minimum Gasteiger partial charge on any atom is -0.382 e. The maximum Gasteiger partial charge on any atom is 0.351 e. The van der Waals surface area contributed by atoms with Crippen LogP contribution < -0.4 is 11.0 Å². The van der Waals surface area contributed by atoms with Crippen molar-refractivity contribution < 1.29 is 28.1 Å². The second kappa shape index (κ2) is 12.1. The second-order valence-corrected chi connectivity index (χ2v) is 11.6. The molecule has 1 aromatic heterocycles. The Kier molecular flexibility index (Phi) is 8.78. The van der Waals surface area contributed by atoms with Crippen LogP contribution in [0, 0.1) is 0 Å². The SMILES string of the molecule is CC[C@H]1O[C@@H](n2ccc(NC(C)=O)nc2=O)C(OCCOC)[C@H]1O[P@]1O[C@@](C)(c2ccccc2)[C@H]2CCCN21. The van der Waals surface area contributed by atoms with Gasteiger partial charge in [-0.2, -0.15) is 4.98 Å². The van der Waals surface area contributed by atoms with Crippen molar-refractivity contribution in [2.75, 3.05) is 32.2 Å². The number of hydrogen-bond acceptors (Lipinski definition) is 9. The molecule has 1 unspecified atom stereocenters. The third-order valence-corrected chi connectivity index (χ3v) is 9.45. The fourth-order valence-electron chi connectivity index (χ4n) is 5.67. The number of carbonyl (C=O) groups excluding carboxylic acids is 1. The summed E-state index contributed by atoms with van der Waals surface area (Å²) >= 11 is 0. The highest BCUT2D eigenvalue weighted by Gasteiger charge is 2.57. The molecule has 3 aliphatic rings. The summed E-state index contributed by atoms with van der Waals surface area (Å²) < 4.78 is 35.2. The van der Waals surface area contributed by atoms with Crippen LogP contribution in [0.25, 0.3) is 0 Å². The molecule has 0 radical (unpaired) electrons. The highest BCUT2D eigenvalue weighted by atomic mass is 31.2. The van der Waals surface area contributed by atoms with Gasteiger partial charge in [-0.1, -0.05) is 37.3 Å². The molecule has 12 heteroatoms. The number of rotatable bonds is 10. The molecule has 0 aliphatic carbocycles. The van der Waals surface area contributed by atoms with Crippen molar-refractivity contribution in [1.82, 2.24) is 14.2 Å². The zero-order chi connectivity index (χ0) is 27.6. The minimum atomic E-state index is -1.40. The Morgan fingerprint density at radius 3 is 2.72 bits per heavy atom. The predicted octanol–water partition coefficient (Wildman–Crippen LogP) is 3.56. The van der Waals surface area contributed by atoms with Gasteiger partial charge in [0.15, 0.2) is 6.23 Å². The Morgan fingerprint density at radius 1 is 1.23 bits per heavy atom. The summed E-state index contributed by atoms with van der Waals surface area (Å²) in [7, 11) is 0.204. The third-order valence-electron chi connectivity index (χ3n) is 7.59. The average molecular weight is 561 g/mol. The first-order chi connectivity index (χ1) is 18.9. The summed E-state index contributed by atoms with van der Waals surface area (Å²) in [5.74, 6) is -0.125. The van der Waals surface area contributed by atoms with Crippen LogP contribution in [0.2, 0.25) is 0 Å². The summed E-state index contributed by atoms with van der Waals surface area (Å²) in [6.45, 7) is 7.11. The lowest BCUT2D eigenvalue weighted by molar-refractivity contribution is -0.114. The van der Waals surface area contributed by atoms with Crippen LogP contribution in [0.1, 0.15) is 51.8 Å². The molecule has 11 nitrogen and oxygen atoms in total. The van der Waals surface area contributed by atoms with Crippen LogP contribution in [-0.2, 0) is 33.7 Å². The van der Waals surface area contributed by atoms with E-state index in [-0.39, 0.29) is 23.9 Å². The molecule has 4 heterocycles. The van der Waals surface area contributed by atoms with E-state index in [1.165, 1.54) is 11.5 Å². The molecule has 212 valence electrons. The van der Waals surface area contributed by atoms with Gasteiger partial charge < -0.3 is 28.6 Å². The molecular weight excluding hydrogens is 523 g/mol. The van der Waals surface area contributed by atoms with Crippen LogP contribution >= 0.6 is 8.53 Å². The van der Waals surface area contributed by atoms with E-state index >= 15 is 0 Å². The zero-order valence-electron chi connectivity index (χ0n) is 22.8. The minimum absolute atomic E-state index is 0.182. The monoisotopic (exact) mass is 560 g/mol. The number of methoxy groups -OCH3 is 1. The standard InChI is InChI=1S/C27H37N4O7P/c1-5-20-23(37-39-31-14-9-12-21(31)27(3,38-39)19-10-7-6-8-11-19)24(35-17-16-34-4)25(36-20)30-15-13-22(28-18(2)32)29-26(30)33/h6-8,10-11,13,15,20-21,23-25H,5,9,12,14,16-17H2,1-4H3,(H,28,29,32,33)/t20-,21-,23+,24?,25-,27+,39-/m1/s1. The van der Waals surface area contributed by atoms with Crippen LogP contribution in [0.15, 0.2) is 47.4 Å². The van der Waals surface area contributed by atoms with E-state index in [0.29, 0.717) is 19.6 Å². The van der Waals surface area contributed by atoms with Crippen molar-refractivity contribution in [2.24, 2.45) is 0 Å². The highest BCUT2D eigenvalue weighted by Crippen LogP contribution is 2.64. The Bertz CT molecular complexity index is 1200. The lowest BCUT2D eigenvalue weighted by Crippen LogP contribution is -2.39. The van der Waals surface area contributed by atoms with Gasteiger partial charge in [-0.25, -0.2) is 9.46 Å². The quantitative estimate of drug-likeness (QED) is 0.344. The fraction of sp³-hybridized carbons (Fsp3) is 0.593. The number of fused-ring (bicyclic) bond motifs is 1. The number of amides is 1. The average Bonchev–Trinajstić information content (AvgIpc) is 3.61. The molecule has 39 heavy (non-hydrogen) atoms. The number of aromatic nitrogens is 2. The normalized spacial score (nSPS) is 32.4. The maximum absolute atomic E-state index is 13.0. The molecule has 1 aromatic carbocycles. The Balaban J connectivity index is 1.42. The van der Waals surface area contributed by atoms with Crippen LogP contribution in [0.4, 0.5) is 5.82 Å². The summed E-state index contributed by atoms with van der Waals surface area (Å²) in [4.78, 5) is 28.4. The van der Waals surface area contributed by atoms with Crippen molar-refractivity contribution in [3.8, 4) is 0 Å². The van der Waals surface area contributed by atoms with Crippen molar-refractivity contribution in [2.45, 2.75) is 76.2 Å². The molecule has 3 saturated heterocycles. The number of hydrogen-bond donors (Lipinski definition) is 1. The van der Waals surface area contributed by atoms with Gasteiger partial charge in [0.2, 0.25) is 5.91 Å². The van der Waals surface area contributed by atoms with Crippen molar-refractivity contribution in [3.05, 3.63) is 58.6 Å². The van der Waals surface area contributed by atoms with Gasteiger partial charge in [0.1, 0.15) is 23.6 Å². The molecule has 0 bridgehead atoms. The molecule has 1 N–H and O–H groups in total. The summed E-state index contributed by atoms with van der Waals surface area (Å²) in [5, 5.41) is 2.54. The molecule has 3 fully saturated rings. The molecule has 7 atom stereocenters. The van der Waals surface area contributed by atoms with E-state index in [2.05, 4.69) is 34.0 Å². The number of nitrogens with one attached hydrogen (secondary N) is 1. The molecular formula is C27H37N4O7P. The molecule has 0 spiro atoms. The number of benzene rings is 1. The molecule has 3 aliphatic heterocycles. The molecule has 0 saturated carbocycles. The van der Waals surface area contributed by atoms with E-state index in [4.69, 9.17) is 23.3 Å². The van der Waals surface area contributed by atoms with E-state index < -0.39 is 38.3 Å². The summed E-state index contributed by atoms with van der Waals surface area (Å²) in [6.07, 6.45) is 2.14. The highest BCUT2D eigenvalue weighted by molar-refractivity contribution is 7.45. The largest absolute Gasteiger partial charge is 0.382 e. The molecule has 2 aromatic rings. The van der Waals surface area contributed by atoms with Crippen molar-refractivity contribution in [1.29, 1.82) is 0 Å². The van der Waals surface area contributed by atoms with Crippen LogP contribution in [0.3, 0.4) is 0 Å². The van der Waals surface area contributed by atoms with E-state index in [0.717, 1.165) is 24.9 Å². The zero-order valence-corrected chi connectivity index (χ0v) is 23.7. The number of carbonyl (C=O) groups is 1. The van der Waals surface area contributed by atoms with Gasteiger partial charge in [-0.05, 0) is 37.8 Å². The number of anilines is 1. The predicted molar refractivity (Wildman–Crippen MR) is 145 cm³/mol. The Labute approximate surface area is 229 Å². The van der Waals surface area contributed by atoms with Gasteiger partial charge >= 0.3 is 5.69 Å². The van der Waals surface area contributed by atoms with E-state index in [9.17, 15) is 9.59 Å². The Morgan fingerprint density at radius 2 is 2.03 bits per heavy atom. The first-order valence-corrected chi connectivity index (χ1v) is 14.6. The lowest BCUT2D eigenvalue weighted by atomic mass is 9.87. The molecule has 5 rings (SSSR count). The summed E-state index contributed by atoms with van der Waals surface area (Å²) in [5.41, 5.74) is 0.0886. The van der Waals surface area contributed by atoms with Crippen molar-refractivity contribution >= 4 is 20.3 Å². The number of ether oxygens (including phenoxy) is 3. The topological polar surface area (TPSA) is 113 Å². The number of nitrogens with zero attached hydrogens (tertiary/aromatic N) is 3. The van der Waals surface area contributed by atoms with Gasteiger partial charge in [-0.15, -0.1) is 0 Å². The maximum atomic E-state index is 13.0. The third kappa shape index (κ3) is 5.67. The first-order valence-electron chi connectivity index (χ1n) is 13.5. The van der Waals surface area contributed by atoms with Crippen LogP contribution in [0.5, 0.6) is 0 Å². The van der Waals surface area contributed by atoms with E-state index in [1.807, 2.05) is 25.1 Å². The van der Waals surface area contributed by atoms with Crippen LogP contribution in [-0.4, -0.2) is 71.4 Å². The Hall–Kier alpha value is -2.24. The molecule has 1 amide bonds. The van der Waals surface area contributed by atoms with Gasteiger partial charge in [-0.3, -0.25) is 9.36 Å². The fourth-order valence-corrected chi connectivity index (χ4v) is 7.82.